The second kappa shape index (κ2) is 7.85. The number of hydrogen-bond acceptors (Lipinski definition) is 4. The number of aryl methyl sites for hydroxylation is 2. The predicted molar refractivity (Wildman–Crippen MR) is 127 cm³/mol. The maximum absolute atomic E-state index is 13.0. The molecule has 0 bridgehead atoms. The van der Waals surface area contributed by atoms with Crippen LogP contribution in [-0.2, 0) is 0 Å². The number of amides is 1. The van der Waals surface area contributed by atoms with Gasteiger partial charge >= 0.3 is 0 Å². The fourth-order valence-electron chi connectivity index (χ4n) is 3.77. The van der Waals surface area contributed by atoms with Gasteiger partial charge in [-0.15, -0.1) is 0 Å². The molecule has 5 aromatic rings. The average molecular weight is 422 g/mol. The number of hydrogen-bond donors (Lipinski definition) is 1. The van der Waals surface area contributed by atoms with Crippen molar-refractivity contribution in [3.05, 3.63) is 89.5 Å². The highest BCUT2D eigenvalue weighted by atomic mass is 16.5. The van der Waals surface area contributed by atoms with Gasteiger partial charge in [0.15, 0.2) is 5.58 Å². The van der Waals surface area contributed by atoms with E-state index in [2.05, 4.69) is 36.3 Å². The van der Waals surface area contributed by atoms with Gasteiger partial charge in [0, 0.05) is 11.3 Å². The Bertz CT molecular complexity index is 1480. The number of fused-ring (bicyclic) bond motifs is 2. The number of aromatic nitrogens is 1. The van der Waals surface area contributed by atoms with E-state index < -0.39 is 0 Å². The molecule has 1 aromatic heterocycles. The monoisotopic (exact) mass is 422 g/mol. The van der Waals surface area contributed by atoms with Gasteiger partial charge in [-0.05, 0) is 78.2 Å². The summed E-state index contributed by atoms with van der Waals surface area (Å²) in [5.74, 6) is 0.841. The number of rotatable bonds is 4. The van der Waals surface area contributed by atoms with Gasteiger partial charge in [-0.25, -0.2) is 4.98 Å². The average Bonchev–Trinajstić information content (AvgIpc) is 3.23. The minimum absolute atomic E-state index is 0.246. The lowest BCUT2D eigenvalue weighted by Gasteiger charge is -2.11. The van der Waals surface area contributed by atoms with Crippen LogP contribution >= 0.6 is 0 Å². The van der Waals surface area contributed by atoms with Crippen LogP contribution in [0.5, 0.6) is 5.75 Å². The van der Waals surface area contributed by atoms with Crippen LogP contribution < -0.4 is 10.1 Å². The van der Waals surface area contributed by atoms with Gasteiger partial charge in [-0.1, -0.05) is 30.3 Å². The quantitative estimate of drug-likeness (QED) is 0.358. The Morgan fingerprint density at radius 1 is 0.906 bits per heavy atom. The van der Waals surface area contributed by atoms with Crippen molar-refractivity contribution in [3.8, 4) is 17.2 Å². The number of ether oxygens (including phenoxy) is 1. The van der Waals surface area contributed by atoms with E-state index >= 15 is 0 Å². The van der Waals surface area contributed by atoms with Crippen molar-refractivity contribution < 1.29 is 13.9 Å². The minimum Gasteiger partial charge on any atom is -0.496 e. The van der Waals surface area contributed by atoms with Crippen molar-refractivity contribution in [2.24, 2.45) is 0 Å². The number of carbonyl (C=O) groups excluding carboxylic acids is 1. The number of oxazole rings is 1. The first-order chi connectivity index (χ1) is 15.5. The Kier molecular flexibility index (Phi) is 4.86. The van der Waals surface area contributed by atoms with E-state index in [1.54, 1.807) is 7.11 Å². The van der Waals surface area contributed by atoms with Crippen molar-refractivity contribution >= 4 is 33.5 Å². The lowest BCUT2D eigenvalue weighted by molar-refractivity contribution is 0.102. The highest BCUT2D eigenvalue weighted by Gasteiger charge is 2.15. The molecule has 5 heteroatoms. The third-order valence-corrected chi connectivity index (χ3v) is 5.71. The fraction of sp³-hybridized carbons (Fsp3) is 0.111. The second-order valence-electron chi connectivity index (χ2n) is 7.85. The topological polar surface area (TPSA) is 64.4 Å². The summed E-state index contributed by atoms with van der Waals surface area (Å²) in [7, 11) is 1.57. The molecule has 158 valence electrons. The highest BCUT2D eigenvalue weighted by molar-refractivity contribution is 6.09. The molecule has 5 rings (SSSR count). The molecule has 0 fully saturated rings. The van der Waals surface area contributed by atoms with Gasteiger partial charge in [0.05, 0.1) is 12.7 Å². The summed E-state index contributed by atoms with van der Waals surface area (Å²) in [5.41, 5.74) is 5.79. The van der Waals surface area contributed by atoms with Crippen LogP contribution in [0.1, 0.15) is 21.5 Å². The number of anilines is 1. The molecule has 1 N–H and O–H groups in total. The minimum atomic E-state index is -0.246. The number of methoxy groups -OCH3 is 1. The molecule has 0 radical (unpaired) electrons. The zero-order chi connectivity index (χ0) is 22.2. The molecule has 1 heterocycles. The molecule has 0 aliphatic heterocycles. The number of benzene rings is 4. The van der Waals surface area contributed by atoms with Gasteiger partial charge in [0.25, 0.3) is 5.91 Å². The SMILES string of the molecule is COc1cc2ccccc2cc1C(=O)Nc1ccc2oc(-c3ccc(C)c(C)c3)nc2c1. The van der Waals surface area contributed by atoms with Crippen molar-refractivity contribution in [1.82, 2.24) is 4.98 Å². The zero-order valence-corrected chi connectivity index (χ0v) is 18.1. The third kappa shape index (κ3) is 3.58. The van der Waals surface area contributed by atoms with Gasteiger partial charge < -0.3 is 14.5 Å². The summed E-state index contributed by atoms with van der Waals surface area (Å²) in [6, 6.07) is 23.2. The molecule has 0 aliphatic rings. The Balaban J connectivity index is 1.46. The molecule has 0 saturated carbocycles. The van der Waals surface area contributed by atoms with Crippen molar-refractivity contribution in [2.75, 3.05) is 12.4 Å². The van der Waals surface area contributed by atoms with E-state index in [0.717, 1.165) is 16.3 Å². The van der Waals surface area contributed by atoms with E-state index in [9.17, 15) is 4.79 Å². The van der Waals surface area contributed by atoms with Crippen LogP contribution in [0.15, 0.2) is 77.2 Å². The summed E-state index contributed by atoms with van der Waals surface area (Å²) in [6.07, 6.45) is 0. The van der Waals surface area contributed by atoms with E-state index in [1.807, 2.05) is 60.7 Å². The lowest BCUT2D eigenvalue weighted by atomic mass is 10.1. The van der Waals surface area contributed by atoms with Gasteiger partial charge in [0.2, 0.25) is 5.89 Å². The summed E-state index contributed by atoms with van der Waals surface area (Å²) >= 11 is 0. The van der Waals surface area contributed by atoms with Crippen LogP contribution in [0.2, 0.25) is 0 Å². The molecular weight excluding hydrogens is 400 g/mol. The predicted octanol–water partition coefficient (Wildman–Crippen LogP) is 6.53. The molecule has 4 aromatic carbocycles. The Morgan fingerprint density at radius 3 is 2.44 bits per heavy atom. The van der Waals surface area contributed by atoms with Gasteiger partial charge in [-0.3, -0.25) is 4.79 Å². The van der Waals surface area contributed by atoms with E-state index in [1.165, 1.54) is 11.1 Å². The number of carbonyl (C=O) groups is 1. The fourth-order valence-corrected chi connectivity index (χ4v) is 3.77. The number of nitrogens with zero attached hydrogens (tertiary/aromatic N) is 1. The molecular formula is C27H22N2O3. The first kappa shape index (κ1) is 19.8. The molecule has 0 spiro atoms. The molecule has 0 saturated heterocycles. The van der Waals surface area contributed by atoms with Crippen LogP contribution in [0.25, 0.3) is 33.3 Å². The van der Waals surface area contributed by atoms with Crippen LogP contribution in [0, 0.1) is 13.8 Å². The normalized spacial score (nSPS) is 11.1. The molecule has 32 heavy (non-hydrogen) atoms. The lowest BCUT2D eigenvalue weighted by Crippen LogP contribution is -2.13. The van der Waals surface area contributed by atoms with E-state index in [4.69, 9.17) is 9.15 Å². The largest absolute Gasteiger partial charge is 0.496 e. The maximum atomic E-state index is 13.0. The Morgan fingerprint density at radius 2 is 1.69 bits per heavy atom. The van der Waals surface area contributed by atoms with Crippen LogP contribution in [0.4, 0.5) is 5.69 Å². The summed E-state index contributed by atoms with van der Waals surface area (Å²) in [4.78, 5) is 17.7. The van der Waals surface area contributed by atoms with Gasteiger partial charge in [0.1, 0.15) is 11.3 Å². The number of nitrogens with one attached hydrogen (secondary N) is 1. The smallest absolute Gasteiger partial charge is 0.259 e. The maximum Gasteiger partial charge on any atom is 0.259 e. The first-order valence-electron chi connectivity index (χ1n) is 10.4. The van der Waals surface area contributed by atoms with Crippen LogP contribution in [-0.4, -0.2) is 18.0 Å². The zero-order valence-electron chi connectivity index (χ0n) is 18.1. The van der Waals surface area contributed by atoms with Gasteiger partial charge in [-0.2, -0.15) is 0 Å². The van der Waals surface area contributed by atoms with E-state index in [-0.39, 0.29) is 5.91 Å². The standard InChI is InChI=1S/C27H22N2O3/c1-16-8-9-20(12-17(16)2)27-29-23-15-21(10-11-24(23)32-27)28-26(30)22-13-18-6-4-5-7-19(18)14-25(22)31-3/h4-15H,1-3H3,(H,28,30). The van der Waals surface area contributed by atoms with Crippen molar-refractivity contribution in [2.45, 2.75) is 13.8 Å². The van der Waals surface area contributed by atoms with Crippen LogP contribution in [0.3, 0.4) is 0 Å². The third-order valence-electron chi connectivity index (χ3n) is 5.71. The molecule has 0 unspecified atom stereocenters. The Hall–Kier alpha value is -4.12. The summed E-state index contributed by atoms with van der Waals surface area (Å²) < 4.78 is 11.4. The van der Waals surface area contributed by atoms with Crippen molar-refractivity contribution in [1.29, 1.82) is 0 Å². The summed E-state index contributed by atoms with van der Waals surface area (Å²) in [6.45, 7) is 4.14. The molecule has 0 aliphatic carbocycles. The first-order valence-corrected chi connectivity index (χ1v) is 10.4. The second-order valence-corrected chi connectivity index (χ2v) is 7.85. The molecule has 5 nitrogen and oxygen atoms in total. The molecule has 0 atom stereocenters. The molecule has 1 amide bonds. The van der Waals surface area contributed by atoms with Crippen molar-refractivity contribution in [3.63, 3.8) is 0 Å². The highest BCUT2D eigenvalue weighted by Crippen LogP contribution is 2.29. The van der Waals surface area contributed by atoms with E-state index in [0.29, 0.717) is 34.0 Å². The Labute approximate surface area is 185 Å². The summed E-state index contributed by atoms with van der Waals surface area (Å²) in [5, 5.41) is 4.95.